The van der Waals surface area contributed by atoms with E-state index in [1.54, 1.807) is 24.3 Å². The molecule has 0 radical (unpaired) electrons. The molecule has 0 bridgehead atoms. The molecule has 1 aromatic rings. The highest BCUT2D eigenvalue weighted by Crippen LogP contribution is 2.19. The topological polar surface area (TPSA) is 78.5 Å². The molecule has 0 aliphatic carbocycles. The van der Waals surface area contributed by atoms with Crippen LogP contribution in [0.3, 0.4) is 0 Å². The third-order valence-electron chi connectivity index (χ3n) is 3.84. The lowest BCUT2D eigenvalue weighted by Gasteiger charge is -2.32. The average Bonchev–Trinajstić information content (AvgIpc) is 2.55. The number of hydrogen-bond donors (Lipinski definition) is 2. The predicted octanol–water partition coefficient (Wildman–Crippen LogP) is 3.91. The highest BCUT2D eigenvalue weighted by Gasteiger charge is 2.27. The third kappa shape index (κ3) is 7.25. The number of amides is 4. The number of carbonyl (C=O) groups is 3. The first-order valence-corrected chi connectivity index (χ1v) is 9.22. The minimum atomic E-state index is -0.551. The second-order valence-electron chi connectivity index (χ2n) is 6.28. The smallest absolute Gasteiger partial charge is 0.324 e. The van der Waals surface area contributed by atoms with E-state index in [1.165, 1.54) is 0 Å². The van der Waals surface area contributed by atoms with Crippen LogP contribution in [-0.4, -0.2) is 35.3 Å². The van der Waals surface area contributed by atoms with Gasteiger partial charge in [-0.3, -0.25) is 14.5 Å². The SMILES string of the molecule is CCCC(C)(CCC)NC(=O)N(C=O)CC(=O)Nc1ccc(Br)cc1. The first kappa shape index (κ1) is 21.2. The standard InChI is InChI=1S/C18H26BrN3O3/c1-4-10-18(3,11-5-2)21-17(25)22(13-23)12-16(24)20-15-8-6-14(19)7-9-15/h6-9,13H,4-5,10-12H2,1-3H3,(H,20,24)(H,21,25). The minimum absolute atomic E-state index is 0.334. The molecule has 0 aromatic heterocycles. The Balaban J connectivity index is 2.67. The molecule has 2 N–H and O–H groups in total. The molecule has 4 amide bonds. The van der Waals surface area contributed by atoms with Crippen LogP contribution in [-0.2, 0) is 9.59 Å². The van der Waals surface area contributed by atoms with Gasteiger partial charge in [0.15, 0.2) is 0 Å². The zero-order valence-corrected chi connectivity index (χ0v) is 16.6. The highest BCUT2D eigenvalue weighted by molar-refractivity contribution is 9.10. The van der Waals surface area contributed by atoms with Crippen LogP contribution in [0, 0.1) is 0 Å². The van der Waals surface area contributed by atoms with Gasteiger partial charge in [-0.15, -0.1) is 0 Å². The van der Waals surface area contributed by atoms with Gasteiger partial charge in [-0.05, 0) is 44.0 Å². The van der Waals surface area contributed by atoms with Crippen molar-refractivity contribution in [3.63, 3.8) is 0 Å². The van der Waals surface area contributed by atoms with Gasteiger partial charge in [-0.1, -0.05) is 42.6 Å². The van der Waals surface area contributed by atoms with Crippen molar-refractivity contribution in [2.45, 2.75) is 52.0 Å². The van der Waals surface area contributed by atoms with E-state index in [-0.39, 0.29) is 12.1 Å². The summed E-state index contributed by atoms with van der Waals surface area (Å²) >= 11 is 3.32. The number of benzene rings is 1. The van der Waals surface area contributed by atoms with Crippen molar-refractivity contribution in [1.29, 1.82) is 0 Å². The van der Waals surface area contributed by atoms with Crippen molar-refractivity contribution in [2.75, 3.05) is 11.9 Å². The molecule has 1 aromatic carbocycles. The summed E-state index contributed by atoms with van der Waals surface area (Å²) < 4.78 is 0.894. The van der Waals surface area contributed by atoms with Crippen LogP contribution in [0.25, 0.3) is 0 Å². The third-order valence-corrected chi connectivity index (χ3v) is 4.37. The van der Waals surface area contributed by atoms with Crippen LogP contribution in [0.15, 0.2) is 28.7 Å². The molecular formula is C18H26BrN3O3. The fourth-order valence-electron chi connectivity index (χ4n) is 2.73. The summed E-state index contributed by atoms with van der Waals surface area (Å²) in [7, 11) is 0. The molecule has 0 saturated carbocycles. The van der Waals surface area contributed by atoms with Crippen LogP contribution >= 0.6 is 15.9 Å². The number of nitrogens with zero attached hydrogens (tertiary/aromatic N) is 1. The van der Waals surface area contributed by atoms with Gasteiger partial charge in [-0.2, -0.15) is 0 Å². The van der Waals surface area contributed by atoms with Crippen LogP contribution in [0.1, 0.15) is 46.5 Å². The quantitative estimate of drug-likeness (QED) is 0.604. The Hall–Kier alpha value is -1.89. The van der Waals surface area contributed by atoms with Gasteiger partial charge in [0.1, 0.15) is 6.54 Å². The molecule has 0 heterocycles. The van der Waals surface area contributed by atoms with Gasteiger partial charge in [-0.25, -0.2) is 4.79 Å². The van der Waals surface area contributed by atoms with Gasteiger partial charge >= 0.3 is 6.03 Å². The molecule has 0 fully saturated rings. The minimum Gasteiger partial charge on any atom is -0.332 e. The molecule has 7 heteroatoms. The van der Waals surface area contributed by atoms with E-state index >= 15 is 0 Å². The van der Waals surface area contributed by atoms with Gasteiger partial charge in [0.25, 0.3) is 0 Å². The molecule has 0 atom stereocenters. The second kappa shape index (κ2) is 10.2. The van der Waals surface area contributed by atoms with Crippen molar-refractivity contribution in [3.05, 3.63) is 28.7 Å². The number of urea groups is 1. The van der Waals surface area contributed by atoms with E-state index in [1.807, 2.05) is 20.8 Å². The zero-order chi connectivity index (χ0) is 18.9. The van der Waals surface area contributed by atoms with Crippen molar-refractivity contribution in [2.24, 2.45) is 0 Å². The van der Waals surface area contributed by atoms with Crippen molar-refractivity contribution < 1.29 is 14.4 Å². The molecule has 0 aliphatic heterocycles. The monoisotopic (exact) mass is 411 g/mol. The Morgan fingerprint density at radius 2 is 1.72 bits per heavy atom. The summed E-state index contributed by atoms with van der Waals surface area (Å²) in [5.74, 6) is -0.433. The second-order valence-corrected chi connectivity index (χ2v) is 7.19. The molecule has 25 heavy (non-hydrogen) atoms. The van der Waals surface area contributed by atoms with Crippen LogP contribution < -0.4 is 10.6 Å². The van der Waals surface area contributed by atoms with Gasteiger partial charge in [0.2, 0.25) is 12.3 Å². The zero-order valence-electron chi connectivity index (χ0n) is 15.0. The fraction of sp³-hybridized carbons (Fsp3) is 0.500. The lowest BCUT2D eigenvalue weighted by Crippen LogP contribution is -2.52. The first-order chi connectivity index (χ1) is 11.8. The Morgan fingerprint density at radius 1 is 1.16 bits per heavy atom. The summed E-state index contributed by atoms with van der Waals surface area (Å²) in [6, 6.07) is 6.49. The molecule has 0 aliphatic rings. The predicted molar refractivity (Wildman–Crippen MR) is 102 cm³/mol. The normalized spacial score (nSPS) is 10.9. The van der Waals surface area contributed by atoms with Crippen LogP contribution in [0.4, 0.5) is 10.5 Å². The first-order valence-electron chi connectivity index (χ1n) is 8.43. The Labute approximate surface area is 157 Å². The van der Waals surface area contributed by atoms with Gasteiger partial charge in [0, 0.05) is 15.7 Å². The van der Waals surface area contributed by atoms with E-state index in [2.05, 4.69) is 26.6 Å². The highest BCUT2D eigenvalue weighted by atomic mass is 79.9. The molecule has 0 saturated heterocycles. The molecular weight excluding hydrogens is 386 g/mol. The fourth-order valence-corrected chi connectivity index (χ4v) is 2.99. The molecule has 1 rings (SSSR count). The number of imide groups is 1. The molecule has 0 spiro atoms. The average molecular weight is 412 g/mol. The number of anilines is 1. The number of rotatable bonds is 9. The van der Waals surface area contributed by atoms with Crippen molar-refractivity contribution >= 4 is 40.0 Å². The van der Waals surface area contributed by atoms with Crippen molar-refractivity contribution in [1.82, 2.24) is 10.2 Å². The lowest BCUT2D eigenvalue weighted by atomic mass is 9.91. The number of nitrogens with one attached hydrogen (secondary N) is 2. The maximum Gasteiger partial charge on any atom is 0.324 e. The van der Waals surface area contributed by atoms with Crippen LogP contribution in [0.5, 0.6) is 0 Å². The van der Waals surface area contributed by atoms with E-state index < -0.39 is 11.9 Å². The van der Waals surface area contributed by atoms with Crippen molar-refractivity contribution in [3.8, 4) is 0 Å². The van der Waals surface area contributed by atoms with Crippen LogP contribution in [0.2, 0.25) is 0 Å². The van der Waals surface area contributed by atoms with E-state index in [0.717, 1.165) is 35.1 Å². The lowest BCUT2D eigenvalue weighted by molar-refractivity contribution is -0.123. The largest absolute Gasteiger partial charge is 0.332 e. The maximum atomic E-state index is 12.4. The molecule has 138 valence electrons. The van der Waals surface area contributed by atoms with E-state index in [4.69, 9.17) is 0 Å². The maximum absolute atomic E-state index is 12.4. The number of hydrogen-bond acceptors (Lipinski definition) is 3. The summed E-state index contributed by atoms with van der Waals surface area (Å²) in [4.78, 5) is 36.6. The van der Waals surface area contributed by atoms with E-state index in [9.17, 15) is 14.4 Å². The Kier molecular flexibility index (Phi) is 8.61. The van der Waals surface area contributed by atoms with E-state index in [0.29, 0.717) is 12.1 Å². The molecule has 6 nitrogen and oxygen atoms in total. The summed E-state index contributed by atoms with van der Waals surface area (Å²) in [5.41, 5.74) is 0.213. The van der Waals surface area contributed by atoms with Gasteiger partial charge < -0.3 is 10.6 Å². The Morgan fingerprint density at radius 3 is 2.20 bits per heavy atom. The summed E-state index contributed by atoms with van der Waals surface area (Å²) in [5, 5.41) is 5.55. The summed E-state index contributed by atoms with van der Waals surface area (Å²) in [6.07, 6.45) is 3.84. The Bertz CT molecular complexity index is 584. The summed E-state index contributed by atoms with van der Waals surface area (Å²) in [6.45, 7) is 5.72. The molecule has 0 unspecified atom stereocenters. The number of halogens is 1. The van der Waals surface area contributed by atoms with Gasteiger partial charge in [0.05, 0.1) is 0 Å². The number of carbonyl (C=O) groups excluding carboxylic acids is 3.